The molecule has 1 fully saturated rings. The zero-order valence-electron chi connectivity index (χ0n) is 14.2. The molecule has 0 heterocycles. The number of benzene rings is 2. The van der Waals surface area contributed by atoms with Gasteiger partial charge in [-0.25, -0.2) is 4.39 Å². The van der Waals surface area contributed by atoms with Gasteiger partial charge in [0, 0.05) is 5.69 Å². The number of anilines is 1. The zero-order chi connectivity index (χ0) is 17.6. The normalized spacial score (nSPS) is 15.6. The van der Waals surface area contributed by atoms with Crippen molar-refractivity contribution in [3.63, 3.8) is 0 Å². The van der Waals surface area contributed by atoms with Crippen molar-refractivity contribution in [2.24, 2.45) is 0 Å². The Hall–Kier alpha value is -2.56. The van der Waals surface area contributed by atoms with E-state index in [4.69, 9.17) is 9.47 Å². The highest BCUT2D eigenvalue weighted by Crippen LogP contribution is 2.25. The Morgan fingerprint density at radius 3 is 2.28 bits per heavy atom. The summed E-state index contributed by atoms with van der Waals surface area (Å²) in [6.45, 7) is 1.65. The van der Waals surface area contributed by atoms with Crippen LogP contribution < -0.4 is 14.8 Å². The fourth-order valence-corrected chi connectivity index (χ4v) is 2.83. The molecule has 2 aromatic rings. The van der Waals surface area contributed by atoms with Crippen LogP contribution in [0.1, 0.15) is 32.6 Å². The van der Waals surface area contributed by atoms with Crippen molar-refractivity contribution in [1.82, 2.24) is 0 Å². The topological polar surface area (TPSA) is 47.6 Å². The number of hydrogen-bond acceptors (Lipinski definition) is 3. The number of carbonyl (C=O) groups is 1. The van der Waals surface area contributed by atoms with Crippen molar-refractivity contribution in [3.8, 4) is 11.5 Å². The molecule has 25 heavy (non-hydrogen) atoms. The van der Waals surface area contributed by atoms with Crippen LogP contribution in [0.3, 0.4) is 0 Å². The van der Waals surface area contributed by atoms with Gasteiger partial charge in [0.25, 0.3) is 5.91 Å². The highest BCUT2D eigenvalue weighted by molar-refractivity contribution is 5.94. The van der Waals surface area contributed by atoms with Crippen LogP contribution in [0.25, 0.3) is 0 Å². The van der Waals surface area contributed by atoms with Crippen LogP contribution in [0, 0.1) is 5.82 Å². The molecule has 1 aliphatic carbocycles. The van der Waals surface area contributed by atoms with E-state index in [1.807, 2.05) is 24.3 Å². The molecular weight excluding hydrogens is 321 g/mol. The van der Waals surface area contributed by atoms with Crippen molar-refractivity contribution in [2.75, 3.05) is 5.32 Å². The Balaban J connectivity index is 1.51. The molecule has 3 rings (SSSR count). The van der Waals surface area contributed by atoms with Crippen LogP contribution in [0.15, 0.2) is 48.5 Å². The molecule has 0 unspecified atom stereocenters. The van der Waals surface area contributed by atoms with E-state index in [0.717, 1.165) is 18.6 Å². The number of carbonyl (C=O) groups excluding carboxylic acids is 1. The van der Waals surface area contributed by atoms with Crippen molar-refractivity contribution in [1.29, 1.82) is 0 Å². The lowest BCUT2D eigenvalue weighted by atomic mass is 10.2. The van der Waals surface area contributed by atoms with Crippen LogP contribution in [0.4, 0.5) is 10.1 Å². The van der Waals surface area contributed by atoms with Gasteiger partial charge in [-0.05, 0) is 81.1 Å². The molecule has 5 heteroatoms. The third-order valence-corrected chi connectivity index (χ3v) is 4.22. The second kappa shape index (κ2) is 8.01. The summed E-state index contributed by atoms with van der Waals surface area (Å²) in [5.74, 6) is 0.656. The van der Waals surface area contributed by atoms with Gasteiger partial charge in [0.2, 0.25) is 0 Å². The van der Waals surface area contributed by atoms with Gasteiger partial charge in [-0.3, -0.25) is 4.79 Å². The predicted octanol–water partition coefficient (Wildman–Crippen LogP) is 4.55. The smallest absolute Gasteiger partial charge is 0.265 e. The van der Waals surface area contributed by atoms with Crippen LogP contribution in [-0.2, 0) is 4.79 Å². The lowest BCUT2D eigenvalue weighted by Gasteiger charge is -2.16. The molecule has 1 saturated carbocycles. The number of rotatable bonds is 6. The average molecular weight is 343 g/mol. The molecule has 132 valence electrons. The first-order valence-electron chi connectivity index (χ1n) is 8.60. The van der Waals surface area contributed by atoms with Crippen molar-refractivity contribution < 1.29 is 18.7 Å². The first-order chi connectivity index (χ1) is 12.1. The van der Waals surface area contributed by atoms with E-state index in [9.17, 15) is 9.18 Å². The minimum Gasteiger partial charge on any atom is -0.490 e. The Morgan fingerprint density at radius 2 is 1.64 bits per heavy atom. The number of hydrogen-bond donors (Lipinski definition) is 1. The van der Waals surface area contributed by atoms with Gasteiger partial charge in [-0.2, -0.15) is 0 Å². The quantitative estimate of drug-likeness (QED) is 0.837. The van der Waals surface area contributed by atoms with Gasteiger partial charge in [0.05, 0.1) is 6.10 Å². The first-order valence-corrected chi connectivity index (χ1v) is 8.60. The van der Waals surface area contributed by atoms with Gasteiger partial charge in [0.15, 0.2) is 6.10 Å². The standard InChI is InChI=1S/C20H22FNO3/c1-14(24-18-10-6-15(21)7-11-18)20(23)22-16-8-12-19(13-9-16)25-17-4-2-3-5-17/h6-14,17H,2-5H2,1H3,(H,22,23)/t14-/m1/s1. The SMILES string of the molecule is C[C@@H](Oc1ccc(F)cc1)C(=O)Nc1ccc(OC2CCCC2)cc1. The Kier molecular flexibility index (Phi) is 5.53. The fraction of sp³-hybridized carbons (Fsp3) is 0.350. The van der Waals surface area contributed by atoms with E-state index in [0.29, 0.717) is 17.5 Å². The summed E-state index contributed by atoms with van der Waals surface area (Å²) < 4.78 is 24.3. The minimum atomic E-state index is -0.695. The monoisotopic (exact) mass is 343 g/mol. The molecule has 0 aliphatic heterocycles. The Labute approximate surface area is 147 Å². The molecule has 1 amide bonds. The molecule has 0 bridgehead atoms. The summed E-state index contributed by atoms with van der Waals surface area (Å²) >= 11 is 0. The summed E-state index contributed by atoms with van der Waals surface area (Å²) in [4.78, 5) is 12.2. The van der Waals surface area contributed by atoms with Crippen LogP contribution >= 0.6 is 0 Å². The lowest BCUT2D eigenvalue weighted by Crippen LogP contribution is -2.30. The summed E-state index contributed by atoms with van der Waals surface area (Å²) in [6.07, 6.45) is 4.28. The fourth-order valence-electron chi connectivity index (χ4n) is 2.83. The number of amides is 1. The first kappa shape index (κ1) is 17.3. The number of ether oxygens (including phenoxy) is 2. The molecule has 1 aliphatic rings. The Morgan fingerprint density at radius 1 is 1.04 bits per heavy atom. The molecule has 4 nitrogen and oxygen atoms in total. The maximum atomic E-state index is 12.9. The highest BCUT2D eigenvalue weighted by Gasteiger charge is 2.17. The predicted molar refractivity (Wildman–Crippen MR) is 94.4 cm³/mol. The maximum Gasteiger partial charge on any atom is 0.265 e. The maximum absolute atomic E-state index is 12.9. The Bertz CT molecular complexity index is 694. The third-order valence-electron chi connectivity index (χ3n) is 4.22. The summed E-state index contributed by atoms with van der Waals surface area (Å²) in [5.41, 5.74) is 0.679. The molecular formula is C20H22FNO3. The summed E-state index contributed by atoms with van der Waals surface area (Å²) in [7, 11) is 0. The van der Waals surface area contributed by atoms with Crippen molar-refractivity contribution in [3.05, 3.63) is 54.3 Å². The van der Waals surface area contributed by atoms with Crippen LogP contribution in [0.2, 0.25) is 0 Å². The van der Waals surface area contributed by atoms with Gasteiger partial charge in [0.1, 0.15) is 17.3 Å². The van der Waals surface area contributed by atoms with E-state index >= 15 is 0 Å². The van der Waals surface area contributed by atoms with Gasteiger partial charge < -0.3 is 14.8 Å². The van der Waals surface area contributed by atoms with E-state index < -0.39 is 6.10 Å². The molecule has 1 N–H and O–H groups in total. The van der Waals surface area contributed by atoms with E-state index in [1.54, 1.807) is 6.92 Å². The third kappa shape index (κ3) is 4.95. The highest BCUT2D eigenvalue weighted by atomic mass is 19.1. The van der Waals surface area contributed by atoms with Crippen molar-refractivity contribution >= 4 is 11.6 Å². The number of nitrogens with one attached hydrogen (secondary N) is 1. The number of halogens is 1. The minimum absolute atomic E-state index is 0.270. The second-order valence-corrected chi connectivity index (χ2v) is 6.25. The molecule has 0 saturated heterocycles. The average Bonchev–Trinajstić information content (AvgIpc) is 3.11. The molecule has 1 atom stereocenters. The van der Waals surface area contributed by atoms with Gasteiger partial charge in [-0.15, -0.1) is 0 Å². The van der Waals surface area contributed by atoms with Crippen molar-refractivity contribution in [2.45, 2.75) is 44.8 Å². The molecule has 2 aromatic carbocycles. The van der Waals surface area contributed by atoms with Gasteiger partial charge >= 0.3 is 0 Å². The second-order valence-electron chi connectivity index (χ2n) is 6.25. The van der Waals surface area contributed by atoms with Gasteiger partial charge in [-0.1, -0.05) is 0 Å². The largest absolute Gasteiger partial charge is 0.490 e. The lowest BCUT2D eigenvalue weighted by molar-refractivity contribution is -0.122. The summed E-state index contributed by atoms with van der Waals surface area (Å²) in [6, 6.07) is 12.9. The van der Waals surface area contributed by atoms with E-state index in [1.165, 1.54) is 37.1 Å². The molecule has 0 radical (unpaired) electrons. The van der Waals surface area contributed by atoms with Crippen LogP contribution in [0.5, 0.6) is 11.5 Å². The van der Waals surface area contributed by atoms with E-state index in [-0.39, 0.29) is 11.7 Å². The molecule has 0 spiro atoms. The van der Waals surface area contributed by atoms with Crippen LogP contribution in [-0.4, -0.2) is 18.1 Å². The zero-order valence-corrected chi connectivity index (χ0v) is 14.2. The summed E-state index contributed by atoms with van der Waals surface area (Å²) in [5, 5.41) is 2.80. The molecule has 0 aromatic heterocycles. The van der Waals surface area contributed by atoms with E-state index in [2.05, 4.69) is 5.32 Å².